The van der Waals surface area contributed by atoms with Crippen LogP contribution in [0.3, 0.4) is 0 Å². The van der Waals surface area contributed by atoms with Crippen molar-refractivity contribution in [3.8, 4) is 85.1 Å². The fourth-order valence-corrected chi connectivity index (χ4v) is 10.7. The fraction of sp³-hybridized carbons (Fsp3) is 0.108. The monoisotopic (exact) mass is 1080 g/mol. The molecule has 0 aliphatic carbocycles. The molecule has 3 aromatic heterocycles. The Hall–Kier alpha value is -10.4. The molecule has 0 bridgehead atoms. The summed E-state index contributed by atoms with van der Waals surface area (Å²) in [6.07, 6.45) is 0. The largest absolute Gasteiger partial charge is 0.355 e. The van der Waals surface area contributed by atoms with Gasteiger partial charge in [-0.25, -0.2) is 29.9 Å². The van der Waals surface area contributed by atoms with E-state index in [0.29, 0.717) is 34.9 Å². The predicted octanol–water partition coefficient (Wildman–Crippen LogP) is 18.9. The molecule has 0 saturated carbocycles. The number of nitrogens with one attached hydrogen (secondary N) is 2. The lowest BCUT2D eigenvalue weighted by molar-refractivity contribution is 0.590. The molecule has 0 aliphatic rings. The van der Waals surface area contributed by atoms with Crippen molar-refractivity contribution in [1.29, 1.82) is 0 Å². The molecule has 9 heteroatoms. The van der Waals surface area contributed by atoms with Gasteiger partial charge in [0.15, 0.2) is 34.9 Å². The van der Waals surface area contributed by atoms with Crippen molar-refractivity contribution in [1.82, 2.24) is 34.5 Å². The van der Waals surface area contributed by atoms with E-state index >= 15 is 0 Å². The Morgan fingerprint density at radius 1 is 0.301 bits per heavy atom. The second kappa shape index (κ2) is 21.6. The van der Waals surface area contributed by atoms with Gasteiger partial charge in [0, 0.05) is 66.8 Å². The lowest BCUT2D eigenvalue weighted by Crippen LogP contribution is -2.11. The summed E-state index contributed by atoms with van der Waals surface area (Å²) in [5.41, 5.74) is 16.0. The third-order valence-corrected chi connectivity index (χ3v) is 15.2. The van der Waals surface area contributed by atoms with E-state index in [1.54, 1.807) is 0 Å². The molecule has 83 heavy (non-hydrogen) atoms. The number of anilines is 4. The number of aromatic nitrogens is 7. The van der Waals surface area contributed by atoms with E-state index in [1.807, 2.05) is 121 Å². The van der Waals surface area contributed by atoms with Crippen LogP contribution in [-0.2, 0) is 10.8 Å². The van der Waals surface area contributed by atoms with E-state index in [4.69, 9.17) is 29.9 Å². The van der Waals surface area contributed by atoms with Crippen LogP contribution in [0.2, 0.25) is 0 Å². The highest BCUT2D eigenvalue weighted by atomic mass is 15.1. The molecule has 0 radical (unpaired) electrons. The molecule has 13 aromatic rings. The van der Waals surface area contributed by atoms with Crippen molar-refractivity contribution in [3.05, 3.63) is 260 Å². The highest BCUT2D eigenvalue weighted by molar-refractivity contribution is 6.16. The van der Waals surface area contributed by atoms with E-state index in [0.717, 1.165) is 94.8 Å². The van der Waals surface area contributed by atoms with Crippen LogP contribution in [0.25, 0.3) is 107 Å². The van der Waals surface area contributed by atoms with Crippen LogP contribution in [0.5, 0.6) is 0 Å². The van der Waals surface area contributed by atoms with Gasteiger partial charge in [0.1, 0.15) is 0 Å². The zero-order chi connectivity index (χ0) is 56.7. The maximum absolute atomic E-state index is 5.47. The van der Waals surface area contributed by atoms with E-state index in [1.165, 1.54) is 11.1 Å². The van der Waals surface area contributed by atoms with Gasteiger partial charge in [-0.2, -0.15) is 0 Å². The van der Waals surface area contributed by atoms with Crippen molar-refractivity contribution in [2.75, 3.05) is 10.6 Å². The van der Waals surface area contributed by atoms with Crippen LogP contribution >= 0.6 is 0 Å². The Bertz CT molecular complexity index is 4360. The lowest BCUT2D eigenvalue weighted by Gasteiger charge is -2.23. The van der Waals surface area contributed by atoms with Crippen LogP contribution in [-0.4, -0.2) is 34.5 Å². The molecule has 402 valence electrons. The van der Waals surface area contributed by atoms with E-state index < -0.39 is 0 Å². The first-order valence-corrected chi connectivity index (χ1v) is 28.2. The highest BCUT2D eigenvalue weighted by Gasteiger charge is 2.28. The number of hydrogen-bond acceptors (Lipinski definition) is 8. The normalized spacial score (nSPS) is 11.7. The van der Waals surface area contributed by atoms with Gasteiger partial charge in [0.2, 0.25) is 0 Å². The average molecular weight is 1080 g/mol. The van der Waals surface area contributed by atoms with Gasteiger partial charge in [-0.1, -0.05) is 217 Å². The van der Waals surface area contributed by atoms with Crippen LogP contribution in [0.1, 0.15) is 52.7 Å². The Morgan fingerprint density at radius 2 is 0.735 bits per heavy atom. The number of rotatable bonds is 12. The van der Waals surface area contributed by atoms with Gasteiger partial charge in [-0.3, -0.25) is 0 Å². The van der Waals surface area contributed by atoms with Crippen molar-refractivity contribution < 1.29 is 0 Å². The van der Waals surface area contributed by atoms with Crippen molar-refractivity contribution >= 4 is 44.6 Å². The van der Waals surface area contributed by atoms with Crippen LogP contribution in [0.15, 0.2) is 249 Å². The zero-order valence-electron chi connectivity index (χ0n) is 47.3. The quantitative estimate of drug-likeness (QED) is 0.125. The zero-order valence-corrected chi connectivity index (χ0v) is 47.3. The van der Waals surface area contributed by atoms with E-state index in [-0.39, 0.29) is 10.8 Å². The topological polar surface area (TPSA) is 106 Å². The van der Waals surface area contributed by atoms with E-state index in [2.05, 4.69) is 184 Å². The molecule has 2 N–H and O–H groups in total. The minimum Gasteiger partial charge on any atom is -0.355 e. The second-order valence-electron chi connectivity index (χ2n) is 23.0. The molecule has 3 heterocycles. The van der Waals surface area contributed by atoms with E-state index in [9.17, 15) is 0 Å². The van der Waals surface area contributed by atoms with Gasteiger partial charge in [-0.05, 0) is 100 Å². The lowest BCUT2D eigenvalue weighted by atomic mass is 9.82. The molecule has 13 rings (SSSR count). The summed E-state index contributed by atoms with van der Waals surface area (Å²) in [5, 5.41) is 9.84. The molecule has 0 aliphatic heterocycles. The number of nitrogens with zero attached hydrogens (tertiary/aromatic N) is 7. The molecule has 0 amide bonds. The van der Waals surface area contributed by atoms with Crippen LogP contribution < -0.4 is 10.6 Å². The standard InChI is InChI=1S/C74H61N9/c1-73(2,3)53-38-41-64-59(44-53)61-46-54(74(4,5)6)45-60(66(61)83(64)65-42-39-57(75-55-33-21-11-22-34-55)47-63(65)76-56-35-23-12-24-36-56)58-40-37-52(71-79-67(48-25-13-7-14-26-48)77-68(80-71)49-27-15-8-16-28-49)43-62(58)72-81-69(50-29-17-9-18-30-50)78-70(82-72)51-31-19-10-20-32-51/h7-47,75-76H,1-6H3. The molecule has 0 unspecified atom stereocenters. The number of para-hydroxylation sites is 2. The Labute approximate surface area is 484 Å². The average Bonchev–Trinajstić information content (AvgIpc) is 3.82. The fourth-order valence-electron chi connectivity index (χ4n) is 10.7. The summed E-state index contributed by atoms with van der Waals surface area (Å²) < 4.78 is 2.45. The SMILES string of the molecule is CC(C)(C)c1ccc2c(c1)c1cc(C(C)(C)C)cc(-c3ccc(-c4nc(-c5ccccc5)nc(-c5ccccc5)n4)cc3-c3nc(-c4ccccc4)nc(-c4ccccc4)n3)c1n2-c1ccc(Nc2ccccc2)cc1Nc1ccccc1. The highest BCUT2D eigenvalue weighted by Crippen LogP contribution is 2.47. The summed E-state index contributed by atoms with van der Waals surface area (Å²) in [6, 6.07) is 86.1. The van der Waals surface area contributed by atoms with Crippen molar-refractivity contribution in [2.45, 2.75) is 52.4 Å². The van der Waals surface area contributed by atoms with Gasteiger partial charge in [-0.15, -0.1) is 0 Å². The molecule has 10 aromatic carbocycles. The Kier molecular flexibility index (Phi) is 13.5. The summed E-state index contributed by atoms with van der Waals surface area (Å²) in [5.74, 6) is 3.28. The second-order valence-corrected chi connectivity index (χ2v) is 23.0. The summed E-state index contributed by atoms with van der Waals surface area (Å²) in [6.45, 7) is 13.7. The summed E-state index contributed by atoms with van der Waals surface area (Å²) in [7, 11) is 0. The number of hydrogen-bond donors (Lipinski definition) is 2. The molecule has 0 atom stereocenters. The molecular weight excluding hydrogens is 1010 g/mol. The number of fused-ring (bicyclic) bond motifs is 3. The minimum absolute atomic E-state index is 0.123. The van der Waals surface area contributed by atoms with Gasteiger partial charge < -0.3 is 15.2 Å². The van der Waals surface area contributed by atoms with Gasteiger partial charge >= 0.3 is 0 Å². The minimum atomic E-state index is -0.259. The van der Waals surface area contributed by atoms with Crippen molar-refractivity contribution in [3.63, 3.8) is 0 Å². The smallest absolute Gasteiger partial charge is 0.164 e. The number of benzene rings is 10. The third kappa shape index (κ3) is 10.6. The van der Waals surface area contributed by atoms with Crippen LogP contribution in [0.4, 0.5) is 22.7 Å². The van der Waals surface area contributed by atoms with Crippen molar-refractivity contribution in [2.24, 2.45) is 0 Å². The molecular formula is C74H61N9. The molecule has 0 fully saturated rings. The molecule has 0 saturated heterocycles. The van der Waals surface area contributed by atoms with Crippen LogP contribution in [0, 0.1) is 0 Å². The molecule has 0 spiro atoms. The maximum atomic E-state index is 5.47. The summed E-state index contributed by atoms with van der Waals surface area (Å²) >= 11 is 0. The predicted molar refractivity (Wildman–Crippen MR) is 342 cm³/mol. The third-order valence-electron chi connectivity index (χ3n) is 15.2. The summed E-state index contributed by atoms with van der Waals surface area (Å²) in [4.78, 5) is 31.7. The van der Waals surface area contributed by atoms with Gasteiger partial charge in [0.05, 0.1) is 22.4 Å². The first-order valence-electron chi connectivity index (χ1n) is 28.2. The first-order chi connectivity index (χ1) is 40.4. The molecule has 9 nitrogen and oxygen atoms in total. The Balaban J connectivity index is 1.15. The maximum Gasteiger partial charge on any atom is 0.164 e. The Morgan fingerprint density at radius 3 is 1.22 bits per heavy atom. The first kappa shape index (κ1) is 52.0. The van der Waals surface area contributed by atoms with Gasteiger partial charge in [0.25, 0.3) is 0 Å².